The van der Waals surface area contributed by atoms with Crippen molar-refractivity contribution < 1.29 is 4.79 Å². The first-order valence-electron chi connectivity index (χ1n) is 5.68. The van der Waals surface area contributed by atoms with Crippen LogP contribution in [-0.4, -0.2) is 22.1 Å². The van der Waals surface area contributed by atoms with Crippen molar-refractivity contribution >= 4 is 49.4 Å². The molecule has 1 N–H and O–H groups in total. The molecular formula is C13H16Br2ClNO. The summed E-state index contributed by atoms with van der Waals surface area (Å²) in [6, 6.07) is 5.36. The monoisotopic (exact) mass is 395 g/mol. The SMILES string of the molecule is CCC(CBr)(CBr)NC(=O)c1cc(C)cc(Cl)c1. The number of aryl methyl sites for hydroxylation is 1. The van der Waals surface area contributed by atoms with Crippen molar-refractivity contribution in [2.45, 2.75) is 25.8 Å². The lowest BCUT2D eigenvalue weighted by atomic mass is 10.0. The number of rotatable bonds is 5. The molecule has 1 aromatic rings. The summed E-state index contributed by atoms with van der Waals surface area (Å²) in [7, 11) is 0. The van der Waals surface area contributed by atoms with Gasteiger partial charge in [-0.1, -0.05) is 50.4 Å². The molecular weight excluding hydrogens is 381 g/mol. The van der Waals surface area contributed by atoms with E-state index in [-0.39, 0.29) is 11.4 Å². The van der Waals surface area contributed by atoms with Crippen molar-refractivity contribution in [1.29, 1.82) is 0 Å². The molecule has 0 unspecified atom stereocenters. The smallest absolute Gasteiger partial charge is 0.251 e. The van der Waals surface area contributed by atoms with Gasteiger partial charge >= 0.3 is 0 Å². The van der Waals surface area contributed by atoms with Crippen molar-refractivity contribution in [2.24, 2.45) is 0 Å². The van der Waals surface area contributed by atoms with E-state index in [0.29, 0.717) is 21.2 Å². The number of hydrogen-bond acceptors (Lipinski definition) is 1. The van der Waals surface area contributed by atoms with Crippen molar-refractivity contribution in [3.8, 4) is 0 Å². The minimum atomic E-state index is -0.271. The van der Waals surface area contributed by atoms with Crippen LogP contribution in [0.25, 0.3) is 0 Å². The second-order valence-corrected chi connectivity index (χ2v) is 5.93. The van der Waals surface area contributed by atoms with E-state index < -0.39 is 0 Å². The zero-order chi connectivity index (χ0) is 13.8. The van der Waals surface area contributed by atoms with Gasteiger partial charge in [0.1, 0.15) is 0 Å². The fraction of sp³-hybridized carbons (Fsp3) is 0.462. The summed E-state index contributed by atoms with van der Waals surface area (Å²) in [4.78, 5) is 12.2. The molecule has 2 nitrogen and oxygen atoms in total. The molecule has 0 saturated carbocycles. The van der Waals surface area contributed by atoms with Gasteiger partial charge in [-0.15, -0.1) is 0 Å². The molecule has 1 aromatic carbocycles. The predicted octanol–water partition coefficient (Wildman–Crippen LogP) is 4.32. The van der Waals surface area contributed by atoms with Crippen molar-refractivity contribution in [3.05, 3.63) is 34.3 Å². The molecule has 0 aromatic heterocycles. The Balaban J connectivity index is 2.94. The summed E-state index contributed by atoms with van der Waals surface area (Å²) in [5.74, 6) is -0.0960. The minimum absolute atomic E-state index is 0.0960. The number of carbonyl (C=O) groups excluding carboxylic acids is 1. The molecule has 1 amide bonds. The first kappa shape index (κ1) is 16.0. The molecule has 100 valence electrons. The topological polar surface area (TPSA) is 29.1 Å². The lowest BCUT2D eigenvalue weighted by Gasteiger charge is -2.30. The van der Waals surface area contributed by atoms with Crippen molar-refractivity contribution in [3.63, 3.8) is 0 Å². The maximum absolute atomic E-state index is 12.2. The van der Waals surface area contributed by atoms with E-state index in [4.69, 9.17) is 11.6 Å². The fourth-order valence-corrected chi connectivity index (χ4v) is 3.85. The maximum Gasteiger partial charge on any atom is 0.251 e. The van der Waals surface area contributed by atoms with Crippen LogP contribution in [0.5, 0.6) is 0 Å². The first-order chi connectivity index (χ1) is 8.46. The van der Waals surface area contributed by atoms with Gasteiger partial charge in [-0.2, -0.15) is 0 Å². The molecule has 0 aliphatic carbocycles. The van der Waals surface area contributed by atoms with Gasteiger partial charge in [0, 0.05) is 21.2 Å². The Bertz CT molecular complexity index is 404. The highest BCUT2D eigenvalue weighted by atomic mass is 79.9. The van der Waals surface area contributed by atoms with E-state index in [1.54, 1.807) is 6.07 Å². The number of carbonyl (C=O) groups is 1. The van der Waals surface area contributed by atoms with E-state index in [1.165, 1.54) is 0 Å². The first-order valence-corrected chi connectivity index (χ1v) is 8.30. The van der Waals surface area contributed by atoms with E-state index >= 15 is 0 Å². The second kappa shape index (κ2) is 6.92. The van der Waals surface area contributed by atoms with E-state index in [1.807, 2.05) is 26.0 Å². The summed E-state index contributed by atoms with van der Waals surface area (Å²) in [6.45, 7) is 3.97. The van der Waals surface area contributed by atoms with E-state index in [2.05, 4.69) is 37.2 Å². The van der Waals surface area contributed by atoms with E-state index in [9.17, 15) is 4.79 Å². The Morgan fingerprint density at radius 1 is 1.33 bits per heavy atom. The lowest BCUT2D eigenvalue weighted by Crippen LogP contribution is -2.51. The largest absolute Gasteiger partial charge is 0.345 e. The molecule has 5 heteroatoms. The highest BCUT2D eigenvalue weighted by molar-refractivity contribution is 9.09. The molecule has 0 bridgehead atoms. The molecule has 18 heavy (non-hydrogen) atoms. The quantitative estimate of drug-likeness (QED) is 0.737. The summed E-state index contributed by atoms with van der Waals surface area (Å²) in [6.07, 6.45) is 0.842. The summed E-state index contributed by atoms with van der Waals surface area (Å²) >= 11 is 12.9. The highest BCUT2D eigenvalue weighted by Gasteiger charge is 2.28. The predicted molar refractivity (Wildman–Crippen MR) is 84.3 cm³/mol. The number of amides is 1. The third kappa shape index (κ3) is 3.97. The van der Waals surface area contributed by atoms with Gasteiger partial charge in [-0.3, -0.25) is 4.79 Å². The third-order valence-electron chi connectivity index (χ3n) is 2.87. The van der Waals surface area contributed by atoms with Crippen LogP contribution in [-0.2, 0) is 0 Å². The van der Waals surface area contributed by atoms with Crippen LogP contribution in [0, 0.1) is 6.92 Å². The molecule has 0 fully saturated rings. The highest BCUT2D eigenvalue weighted by Crippen LogP contribution is 2.19. The Morgan fingerprint density at radius 2 is 1.94 bits per heavy atom. The van der Waals surface area contributed by atoms with Gasteiger partial charge < -0.3 is 5.32 Å². The molecule has 1 rings (SSSR count). The molecule has 0 heterocycles. The van der Waals surface area contributed by atoms with Crippen LogP contribution >= 0.6 is 43.5 Å². The zero-order valence-corrected chi connectivity index (χ0v) is 14.3. The minimum Gasteiger partial charge on any atom is -0.345 e. The number of hydrogen-bond donors (Lipinski definition) is 1. The van der Waals surface area contributed by atoms with Gasteiger partial charge in [0.2, 0.25) is 0 Å². The third-order valence-corrected chi connectivity index (χ3v) is 5.24. The molecule has 0 aliphatic rings. The number of alkyl halides is 2. The molecule has 0 saturated heterocycles. The second-order valence-electron chi connectivity index (χ2n) is 4.37. The van der Waals surface area contributed by atoms with Crippen LogP contribution < -0.4 is 5.32 Å². The van der Waals surface area contributed by atoms with Gasteiger partial charge in [0.15, 0.2) is 0 Å². The van der Waals surface area contributed by atoms with Gasteiger partial charge in [-0.25, -0.2) is 0 Å². The van der Waals surface area contributed by atoms with Crippen LogP contribution in [0.1, 0.15) is 29.3 Å². The molecule has 0 atom stereocenters. The summed E-state index contributed by atoms with van der Waals surface area (Å²) in [5, 5.41) is 5.05. The van der Waals surface area contributed by atoms with E-state index in [0.717, 1.165) is 12.0 Å². The number of nitrogens with one attached hydrogen (secondary N) is 1. The lowest BCUT2D eigenvalue weighted by molar-refractivity contribution is 0.0915. The average molecular weight is 398 g/mol. The molecule has 0 spiro atoms. The molecule has 0 radical (unpaired) electrons. The van der Waals surface area contributed by atoms with Crippen LogP contribution in [0.4, 0.5) is 0 Å². The van der Waals surface area contributed by atoms with Crippen LogP contribution in [0.2, 0.25) is 5.02 Å². The maximum atomic E-state index is 12.2. The number of benzene rings is 1. The Kier molecular flexibility index (Phi) is 6.15. The zero-order valence-electron chi connectivity index (χ0n) is 10.4. The number of halogens is 3. The van der Waals surface area contributed by atoms with Crippen molar-refractivity contribution in [1.82, 2.24) is 5.32 Å². The summed E-state index contributed by atoms with van der Waals surface area (Å²) in [5.41, 5.74) is 1.31. The summed E-state index contributed by atoms with van der Waals surface area (Å²) < 4.78 is 0. The fourth-order valence-electron chi connectivity index (χ4n) is 1.56. The Labute approximate surface area is 130 Å². The Morgan fingerprint density at radius 3 is 2.39 bits per heavy atom. The average Bonchev–Trinajstić information content (AvgIpc) is 2.35. The van der Waals surface area contributed by atoms with Gasteiger partial charge in [0.05, 0.1) is 5.54 Å². The van der Waals surface area contributed by atoms with Gasteiger partial charge in [0.25, 0.3) is 5.91 Å². The van der Waals surface area contributed by atoms with Crippen LogP contribution in [0.3, 0.4) is 0 Å². The normalized spacial score (nSPS) is 11.4. The van der Waals surface area contributed by atoms with Crippen LogP contribution in [0.15, 0.2) is 18.2 Å². The van der Waals surface area contributed by atoms with Crippen molar-refractivity contribution in [2.75, 3.05) is 10.7 Å². The Hall–Kier alpha value is -0.0600. The van der Waals surface area contributed by atoms with Gasteiger partial charge in [-0.05, 0) is 37.1 Å². The molecule has 0 aliphatic heterocycles. The standard InChI is InChI=1S/C13H16Br2ClNO/c1-3-13(7-14,8-15)17-12(18)10-4-9(2)5-11(16)6-10/h4-6H,3,7-8H2,1-2H3,(H,17,18).